The van der Waals surface area contributed by atoms with E-state index in [0.717, 1.165) is 35.0 Å². The second-order valence-electron chi connectivity index (χ2n) is 6.65. The average molecular weight is 350 g/mol. The molecule has 2 aromatic rings. The number of thioether (sulfide) groups is 1. The van der Waals surface area contributed by atoms with Crippen LogP contribution in [0.5, 0.6) is 0 Å². The number of nitriles is 1. The standard InChI is InChI=1S/C19H18N4OS/c1-19(11-20,13-8-9-13)23-16(24)10-25-18-21-14-6-2-4-12-5-3-7-15(22-18)17(12)14/h2-7,13H,8-10H2,1H3,(H,21,22)(H,23,24)/t19-/m1/s1. The van der Waals surface area contributed by atoms with Gasteiger partial charge in [0.05, 0.1) is 23.2 Å². The first kappa shape index (κ1) is 16.0. The van der Waals surface area contributed by atoms with E-state index < -0.39 is 5.54 Å². The van der Waals surface area contributed by atoms with Crippen molar-refractivity contribution in [2.24, 2.45) is 10.9 Å². The van der Waals surface area contributed by atoms with Crippen LogP contribution in [0, 0.1) is 17.2 Å². The molecule has 1 aliphatic heterocycles. The topological polar surface area (TPSA) is 77.3 Å². The fraction of sp³-hybridized carbons (Fsp3) is 0.316. The van der Waals surface area contributed by atoms with Gasteiger partial charge in [-0.25, -0.2) is 4.99 Å². The number of aliphatic imine (C=N–C) groups is 1. The van der Waals surface area contributed by atoms with Crippen molar-refractivity contribution in [1.82, 2.24) is 5.32 Å². The van der Waals surface area contributed by atoms with Crippen molar-refractivity contribution < 1.29 is 4.79 Å². The van der Waals surface area contributed by atoms with Gasteiger partial charge in [0, 0.05) is 5.39 Å². The lowest BCUT2D eigenvalue weighted by molar-refractivity contribution is -0.119. The van der Waals surface area contributed by atoms with Crippen LogP contribution in [0.15, 0.2) is 41.4 Å². The summed E-state index contributed by atoms with van der Waals surface area (Å²) in [6.45, 7) is 1.81. The summed E-state index contributed by atoms with van der Waals surface area (Å²) in [4.78, 5) is 16.9. The van der Waals surface area contributed by atoms with Crippen molar-refractivity contribution in [3.8, 4) is 6.07 Å². The average Bonchev–Trinajstić information content (AvgIpc) is 3.46. The Morgan fingerprint density at radius 3 is 2.88 bits per heavy atom. The second kappa shape index (κ2) is 6.08. The molecule has 0 unspecified atom stereocenters. The van der Waals surface area contributed by atoms with Gasteiger partial charge < -0.3 is 10.6 Å². The molecular weight excluding hydrogens is 332 g/mol. The summed E-state index contributed by atoms with van der Waals surface area (Å²) in [6, 6.07) is 14.4. The highest BCUT2D eigenvalue weighted by Gasteiger charge is 2.42. The summed E-state index contributed by atoms with van der Waals surface area (Å²) in [5, 5.41) is 18.5. The zero-order valence-corrected chi connectivity index (χ0v) is 14.7. The quantitative estimate of drug-likeness (QED) is 0.879. The Kier molecular flexibility index (Phi) is 3.89. The molecule has 4 rings (SSSR count). The van der Waals surface area contributed by atoms with Gasteiger partial charge in [0.15, 0.2) is 5.17 Å². The minimum atomic E-state index is -0.752. The smallest absolute Gasteiger partial charge is 0.231 e. The molecule has 0 spiro atoms. The van der Waals surface area contributed by atoms with Crippen molar-refractivity contribution in [2.75, 3.05) is 11.1 Å². The van der Waals surface area contributed by atoms with E-state index >= 15 is 0 Å². The highest BCUT2D eigenvalue weighted by atomic mass is 32.2. The first-order chi connectivity index (χ1) is 12.1. The fourth-order valence-corrected chi connectivity index (χ4v) is 3.87. The molecule has 1 saturated carbocycles. The zero-order chi connectivity index (χ0) is 17.4. The Labute approximate surface area is 150 Å². The molecule has 2 N–H and O–H groups in total. The van der Waals surface area contributed by atoms with Gasteiger partial charge in [0.25, 0.3) is 0 Å². The highest BCUT2D eigenvalue weighted by Crippen LogP contribution is 2.39. The zero-order valence-electron chi connectivity index (χ0n) is 13.9. The maximum absolute atomic E-state index is 12.3. The Morgan fingerprint density at radius 1 is 1.40 bits per heavy atom. The SMILES string of the molecule is C[C@](C#N)(NC(=O)CSC1=Nc2cccc3cccc(c23)N1)C1CC1. The molecule has 25 heavy (non-hydrogen) atoms. The van der Waals surface area contributed by atoms with E-state index in [1.165, 1.54) is 11.8 Å². The molecule has 2 aliphatic rings. The largest absolute Gasteiger partial charge is 0.337 e. The van der Waals surface area contributed by atoms with Crippen LogP contribution in [-0.2, 0) is 4.79 Å². The van der Waals surface area contributed by atoms with E-state index in [9.17, 15) is 10.1 Å². The molecule has 1 fully saturated rings. The highest BCUT2D eigenvalue weighted by molar-refractivity contribution is 8.14. The molecule has 0 saturated heterocycles. The monoisotopic (exact) mass is 350 g/mol. The summed E-state index contributed by atoms with van der Waals surface area (Å²) in [7, 11) is 0. The molecule has 0 aromatic heterocycles. The third-order valence-electron chi connectivity index (χ3n) is 4.71. The number of amidine groups is 1. The van der Waals surface area contributed by atoms with E-state index in [1.807, 2.05) is 24.3 Å². The first-order valence-corrected chi connectivity index (χ1v) is 9.30. The van der Waals surface area contributed by atoms with Crippen molar-refractivity contribution in [3.63, 3.8) is 0 Å². The van der Waals surface area contributed by atoms with Gasteiger partial charge in [0.1, 0.15) is 5.54 Å². The van der Waals surface area contributed by atoms with E-state index in [1.54, 1.807) is 6.92 Å². The minimum Gasteiger partial charge on any atom is -0.337 e. The van der Waals surface area contributed by atoms with Crippen molar-refractivity contribution in [1.29, 1.82) is 5.26 Å². The number of carbonyl (C=O) groups is 1. The third kappa shape index (κ3) is 3.08. The molecule has 0 bridgehead atoms. The Balaban J connectivity index is 1.46. The van der Waals surface area contributed by atoms with Gasteiger partial charge in [-0.1, -0.05) is 36.0 Å². The Bertz CT molecular complexity index is 923. The summed E-state index contributed by atoms with van der Waals surface area (Å²) in [5.74, 6) is 0.372. The number of anilines is 1. The van der Waals surface area contributed by atoms with Crippen molar-refractivity contribution in [3.05, 3.63) is 36.4 Å². The van der Waals surface area contributed by atoms with E-state index in [-0.39, 0.29) is 17.6 Å². The maximum atomic E-state index is 12.3. The summed E-state index contributed by atoms with van der Waals surface area (Å²) < 4.78 is 0. The Hall–Kier alpha value is -2.52. The molecule has 1 heterocycles. The molecule has 126 valence electrons. The van der Waals surface area contributed by atoms with Gasteiger partial charge in [-0.2, -0.15) is 5.26 Å². The van der Waals surface area contributed by atoms with Crippen LogP contribution in [0.25, 0.3) is 10.8 Å². The predicted molar refractivity (Wildman–Crippen MR) is 102 cm³/mol. The van der Waals surface area contributed by atoms with E-state index in [4.69, 9.17) is 0 Å². The van der Waals surface area contributed by atoms with Crippen molar-refractivity contribution >= 4 is 45.0 Å². The molecule has 1 aliphatic carbocycles. The summed E-state index contributed by atoms with van der Waals surface area (Å²) in [6.07, 6.45) is 2.01. The van der Waals surface area contributed by atoms with E-state index in [0.29, 0.717) is 5.17 Å². The van der Waals surface area contributed by atoms with Gasteiger partial charge in [-0.15, -0.1) is 0 Å². The summed E-state index contributed by atoms with van der Waals surface area (Å²) >= 11 is 1.35. The number of rotatable bonds is 4. The fourth-order valence-electron chi connectivity index (χ4n) is 3.18. The number of carbonyl (C=O) groups excluding carboxylic acids is 1. The van der Waals surface area contributed by atoms with Crippen LogP contribution < -0.4 is 10.6 Å². The molecule has 6 heteroatoms. The van der Waals surface area contributed by atoms with Crippen LogP contribution in [0.1, 0.15) is 19.8 Å². The lowest BCUT2D eigenvalue weighted by Gasteiger charge is -2.23. The molecule has 1 amide bonds. The molecule has 5 nitrogen and oxygen atoms in total. The van der Waals surface area contributed by atoms with Crippen LogP contribution >= 0.6 is 11.8 Å². The van der Waals surface area contributed by atoms with Gasteiger partial charge in [-0.05, 0) is 43.2 Å². The number of nitrogens with zero attached hydrogens (tertiary/aromatic N) is 2. The first-order valence-electron chi connectivity index (χ1n) is 8.31. The van der Waals surface area contributed by atoms with Crippen LogP contribution in [0.4, 0.5) is 11.4 Å². The number of benzene rings is 2. The number of hydrogen-bond donors (Lipinski definition) is 2. The number of nitrogens with one attached hydrogen (secondary N) is 2. The molecule has 2 aromatic carbocycles. The van der Waals surface area contributed by atoms with Crippen molar-refractivity contribution in [2.45, 2.75) is 25.3 Å². The van der Waals surface area contributed by atoms with Gasteiger partial charge in [0.2, 0.25) is 5.91 Å². The predicted octanol–water partition coefficient (Wildman–Crippen LogP) is 3.79. The molecule has 0 radical (unpaired) electrons. The normalized spacial score (nSPS) is 17.8. The van der Waals surface area contributed by atoms with E-state index in [2.05, 4.69) is 33.8 Å². The number of amides is 1. The Morgan fingerprint density at radius 2 is 2.16 bits per heavy atom. The minimum absolute atomic E-state index is 0.137. The van der Waals surface area contributed by atoms with Gasteiger partial charge >= 0.3 is 0 Å². The van der Waals surface area contributed by atoms with Crippen LogP contribution in [0.2, 0.25) is 0 Å². The lowest BCUT2D eigenvalue weighted by atomic mass is 9.98. The molecular formula is C19H18N4OS. The van der Waals surface area contributed by atoms with Crippen LogP contribution in [0.3, 0.4) is 0 Å². The lowest BCUT2D eigenvalue weighted by Crippen LogP contribution is -2.47. The maximum Gasteiger partial charge on any atom is 0.231 e. The van der Waals surface area contributed by atoms with Gasteiger partial charge in [-0.3, -0.25) is 4.79 Å². The van der Waals surface area contributed by atoms with Crippen LogP contribution in [-0.4, -0.2) is 22.4 Å². The second-order valence-corrected chi connectivity index (χ2v) is 7.61. The molecule has 1 atom stereocenters. The third-order valence-corrected chi connectivity index (χ3v) is 5.58. The summed E-state index contributed by atoms with van der Waals surface area (Å²) in [5.41, 5.74) is 1.16. The number of hydrogen-bond acceptors (Lipinski definition) is 5.